The van der Waals surface area contributed by atoms with Crippen molar-refractivity contribution in [3.8, 4) is 0 Å². The van der Waals surface area contributed by atoms with Crippen molar-refractivity contribution in [1.82, 2.24) is 44.0 Å². The summed E-state index contributed by atoms with van der Waals surface area (Å²) in [5.74, 6) is 0.447. The molecule has 7 heterocycles. The second kappa shape index (κ2) is 16.1. The van der Waals surface area contributed by atoms with E-state index in [-0.39, 0.29) is 22.0 Å². The van der Waals surface area contributed by atoms with Crippen molar-refractivity contribution < 1.29 is 65.7 Å². The average molecular weight is 795 g/mol. The quantitative estimate of drug-likeness (QED) is 0.100. The van der Waals surface area contributed by atoms with Crippen LogP contribution in [0.15, 0.2) is 49.8 Å². The Morgan fingerprint density at radius 3 is 1.74 bits per heavy atom. The first-order valence-corrected chi connectivity index (χ1v) is 16.1. The molecular weight excluding hydrogens is 766 g/mol. The molecule has 0 radical (unpaired) electrons. The van der Waals surface area contributed by atoms with Gasteiger partial charge in [0.05, 0.1) is 25.9 Å². The molecule has 54 heavy (non-hydrogen) atoms. The van der Waals surface area contributed by atoms with Gasteiger partial charge in [0.2, 0.25) is 0 Å². The highest BCUT2D eigenvalue weighted by Gasteiger charge is 2.47. The van der Waals surface area contributed by atoms with Crippen LogP contribution >= 0.6 is 11.6 Å². The standard InChI is InChI=1S/C18H19F3N6O4.C11H10ClF3N4O4/c19-18(20,21)30-7-11-13(28)14(29)17(31-11)27-9-26-12-15(24-8-25-16(12)27)23-6-3-10-1-4-22-5-2-10;12-8-5-9(17-2-16-8)19(3-18-5)10-7(21)6(20)4(23-10)1-22-11(13,14)15/h1-2,4-5,8-9,11,13-14,17,28-29H,3,6-7H2,(H,23,24,25);2-4,6-7,10,20-21H,1H2/t11-,13-,14-,17-;4-,6-,7-,10-/m11/s1. The maximum absolute atomic E-state index is 12.3. The van der Waals surface area contributed by atoms with E-state index in [1.165, 1.54) is 28.1 Å². The molecule has 2 saturated heterocycles. The number of anilines is 1. The zero-order valence-electron chi connectivity index (χ0n) is 27.2. The number of alkyl halides is 6. The molecule has 292 valence electrons. The third-order valence-corrected chi connectivity index (χ3v) is 8.45. The van der Waals surface area contributed by atoms with Gasteiger partial charge in [-0.25, -0.2) is 29.9 Å². The van der Waals surface area contributed by atoms with Crippen molar-refractivity contribution in [3.63, 3.8) is 0 Å². The zero-order chi connectivity index (χ0) is 38.8. The molecule has 0 aliphatic carbocycles. The Labute approximate surface area is 303 Å². The minimum atomic E-state index is -4.88. The smallest absolute Gasteiger partial charge is 0.387 e. The Bertz CT molecular complexity index is 2010. The number of nitrogens with one attached hydrogen (secondary N) is 1. The van der Waals surface area contributed by atoms with Crippen LogP contribution in [0.25, 0.3) is 22.3 Å². The van der Waals surface area contributed by atoms with E-state index in [1.807, 2.05) is 12.1 Å². The fourth-order valence-electron chi connectivity index (χ4n) is 5.60. The lowest BCUT2D eigenvalue weighted by atomic mass is 10.1. The number of pyridine rings is 1. The zero-order valence-corrected chi connectivity index (χ0v) is 27.9. The maximum atomic E-state index is 12.3. The largest absolute Gasteiger partial charge is 0.522 e. The fraction of sp³-hybridized carbons (Fsp3) is 0.483. The number of ether oxygens (including phenoxy) is 4. The van der Waals surface area contributed by atoms with Crippen LogP contribution in [0.2, 0.25) is 5.15 Å². The van der Waals surface area contributed by atoms with Crippen molar-refractivity contribution in [3.05, 3.63) is 60.6 Å². The average Bonchev–Trinajstić information content (AvgIpc) is 3.89. The first-order valence-electron chi connectivity index (χ1n) is 15.7. The summed E-state index contributed by atoms with van der Waals surface area (Å²) in [5.41, 5.74) is 2.20. The van der Waals surface area contributed by atoms with Gasteiger partial charge in [-0.1, -0.05) is 11.6 Å². The lowest BCUT2D eigenvalue weighted by molar-refractivity contribution is -0.333. The summed E-state index contributed by atoms with van der Waals surface area (Å²) < 4.78 is 93.8. The van der Waals surface area contributed by atoms with Crippen LogP contribution in [0.3, 0.4) is 0 Å². The van der Waals surface area contributed by atoms with Crippen molar-refractivity contribution in [2.24, 2.45) is 0 Å². The van der Waals surface area contributed by atoms with Crippen molar-refractivity contribution in [2.45, 2.75) is 68.2 Å². The summed E-state index contributed by atoms with van der Waals surface area (Å²) in [6.07, 6.45) is -11.9. The van der Waals surface area contributed by atoms with Gasteiger partial charge in [-0.05, 0) is 24.1 Å². The number of aliphatic hydroxyl groups is 4. The number of rotatable bonds is 10. The van der Waals surface area contributed by atoms with E-state index < -0.39 is 75.0 Å². The Morgan fingerprint density at radius 1 is 0.704 bits per heavy atom. The molecule has 0 amide bonds. The second-order valence-electron chi connectivity index (χ2n) is 11.7. The van der Waals surface area contributed by atoms with E-state index in [9.17, 15) is 46.8 Å². The fourth-order valence-corrected chi connectivity index (χ4v) is 5.78. The second-order valence-corrected chi connectivity index (χ2v) is 12.0. The summed E-state index contributed by atoms with van der Waals surface area (Å²) in [6, 6.07) is 3.80. The lowest BCUT2D eigenvalue weighted by Gasteiger charge is -2.16. The Morgan fingerprint density at radius 2 is 1.20 bits per heavy atom. The molecule has 0 aromatic carbocycles. The molecule has 2 aliphatic heterocycles. The molecular formula is C29H29ClF6N10O8. The van der Waals surface area contributed by atoms with Crippen molar-refractivity contribution >= 4 is 39.7 Å². The first-order chi connectivity index (χ1) is 25.6. The van der Waals surface area contributed by atoms with E-state index in [4.69, 9.17) is 21.1 Å². The Kier molecular flexibility index (Phi) is 11.7. The van der Waals surface area contributed by atoms with Crippen LogP contribution < -0.4 is 5.32 Å². The highest BCUT2D eigenvalue weighted by molar-refractivity contribution is 6.33. The molecule has 2 aliphatic rings. The molecule has 0 spiro atoms. The minimum absolute atomic E-state index is 0.0683. The highest BCUT2D eigenvalue weighted by atomic mass is 35.5. The van der Waals surface area contributed by atoms with Crippen LogP contribution in [-0.4, -0.2) is 134 Å². The molecule has 8 atom stereocenters. The molecule has 25 heteroatoms. The van der Waals surface area contributed by atoms with Gasteiger partial charge in [-0.3, -0.25) is 23.6 Å². The summed E-state index contributed by atoms with van der Waals surface area (Å²) in [6.45, 7) is -1.36. The minimum Gasteiger partial charge on any atom is -0.387 e. The van der Waals surface area contributed by atoms with Gasteiger partial charge in [0, 0.05) is 18.9 Å². The molecule has 5 N–H and O–H groups in total. The van der Waals surface area contributed by atoms with Gasteiger partial charge in [0.25, 0.3) is 0 Å². The number of fused-ring (bicyclic) bond motifs is 2. The van der Waals surface area contributed by atoms with E-state index in [0.717, 1.165) is 11.9 Å². The molecule has 0 unspecified atom stereocenters. The van der Waals surface area contributed by atoms with Crippen molar-refractivity contribution in [1.29, 1.82) is 0 Å². The van der Waals surface area contributed by atoms with Crippen molar-refractivity contribution in [2.75, 3.05) is 25.1 Å². The molecule has 7 rings (SSSR count). The molecule has 5 aromatic heterocycles. The van der Waals surface area contributed by atoms with Crippen LogP contribution in [0.1, 0.15) is 18.0 Å². The number of hydrogen-bond donors (Lipinski definition) is 5. The maximum Gasteiger partial charge on any atom is 0.522 e. The van der Waals surface area contributed by atoms with Gasteiger partial charge < -0.3 is 35.2 Å². The summed E-state index contributed by atoms with van der Waals surface area (Å²) in [5, 5.41) is 43.5. The van der Waals surface area contributed by atoms with Gasteiger partial charge in [0.15, 0.2) is 40.2 Å². The summed E-state index contributed by atoms with van der Waals surface area (Å²) in [7, 11) is 0. The Hall–Kier alpha value is -4.40. The molecule has 2 fully saturated rings. The number of nitrogens with zero attached hydrogens (tertiary/aromatic N) is 9. The number of aromatic nitrogens is 9. The lowest BCUT2D eigenvalue weighted by Crippen LogP contribution is -2.35. The summed E-state index contributed by atoms with van der Waals surface area (Å²) in [4.78, 5) is 28.1. The third-order valence-electron chi connectivity index (χ3n) is 8.17. The van der Waals surface area contributed by atoms with E-state index >= 15 is 0 Å². The van der Waals surface area contributed by atoms with Crippen LogP contribution in [0.4, 0.5) is 32.2 Å². The molecule has 18 nitrogen and oxygen atoms in total. The van der Waals surface area contributed by atoms with E-state index in [0.29, 0.717) is 24.3 Å². The van der Waals surface area contributed by atoms with E-state index in [1.54, 1.807) is 12.4 Å². The monoisotopic (exact) mass is 794 g/mol. The highest BCUT2D eigenvalue weighted by Crippen LogP contribution is 2.35. The number of halogens is 7. The van der Waals surface area contributed by atoms with E-state index in [2.05, 4.69) is 49.7 Å². The molecule has 0 saturated carbocycles. The van der Waals surface area contributed by atoms with Gasteiger partial charge in [0.1, 0.15) is 54.8 Å². The SMILES string of the molecule is O[C@@H]1[C@H](O)[C@@H](COC(F)(F)F)O[C@H]1n1cnc2c(Cl)ncnc21.O[C@@H]1[C@H](O)[C@@H](COC(F)(F)F)O[C@H]1n1cnc2c(NCCc3ccncc3)ncnc21. The number of aliphatic hydroxyl groups excluding tert-OH is 4. The Balaban J connectivity index is 0.000000193. The third kappa shape index (κ3) is 8.93. The predicted molar refractivity (Wildman–Crippen MR) is 168 cm³/mol. The molecule has 5 aromatic rings. The topological polar surface area (TPSA) is 230 Å². The first kappa shape index (κ1) is 39.3. The molecule has 0 bridgehead atoms. The normalized spacial score (nSPS) is 26.0. The predicted octanol–water partition coefficient (Wildman–Crippen LogP) is 1.67. The van der Waals surface area contributed by atoms with Crippen LogP contribution in [0, 0.1) is 0 Å². The number of imidazole rings is 2. The van der Waals surface area contributed by atoms with Crippen LogP contribution in [-0.2, 0) is 25.4 Å². The van der Waals surface area contributed by atoms with Gasteiger partial charge >= 0.3 is 12.7 Å². The van der Waals surface area contributed by atoms with Gasteiger partial charge in [-0.2, -0.15) is 0 Å². The summed E-state index contributed by atoms with van der Waals surface area (Å²) >= 11 is 5.85. The number of hydrogen-bond acceptors (Lipinski definition) is 16. The van der Waals surface area contributed by atoms with Crippen LogP contribution in [0.5, 0.6) is 0 Å². The van der Waals surface area contributed by atoms with Gasteiger partial charge in [-0.15, -0.1) is 26.3 Å².